The smallest absolute Gasteiger partial charge is 0.0791 e. The SMILES string of the molecule is Clc1ccccc1.c1cscn1. The van der Waals surface area contributed by atoms with Crippen molar-refractivity contribution in [2.45, 2.75) is 0 Å². The molecule has 2 aromatic rings. The van der Waals surface area contributed by atoms with E-state index in [9.17, 15) is 0 Å². The molecular formula is C9H8ClNS. The first-order valence-electron chi connectivity index (χ1n) is 3.42. The molecule has 0 amide bonds. The highest BCUT2D eigenvalue weighted by Gasteiger charge is 1.74. The quantitative estimate of drug-likeness (QED) is 0.630. The zero-order valence-corrected chi connectivity index (χ0v) is 7.92. The summed E-state index contributed by atoms with van der Waals surface area (Å²) in [5.74, 6) is 0. The molecule has 0 aliphatic rings. The van der Waals surface area contributed by atoms with Gasteiger partial charge < -0.3 is 0 Å². The van der Waals surface area contributed by atoms with Gasteiger partial charge in [-0.3, -0.25) is 4.98 Å². The Morgan fingerprint density at radius 2 is 1.92 bits per heavy atom. The fourth-order valence-corrected chi connectivity index (χ4v) is 1.09. The molecule has 0 unspecified atom stereocenters. The minimum Gasteiger partial charge on any atom is -0.253 e. The topological polar surface area (TPSA) is 12.9 Å². The highest BCUT2D eigenvalue weighted by molar-refractivity contribution is 7.07. The number of hydrogen-bond donors (Lipinski definition) is 0. The largest absolute Gasteiger partial charge is 0.253 e. The Morgan fingerprint density at radius 1 is 1.17 bits per heavy atom. The summed E-state index contributed by atoms with van der Waals surface area (Å²) < 4.78 is 0. The average Bonchev–Trinajstić information content (AvgIpc) is 2.62. The van der Waals surface area contributed by atoms with E-state index in [1.165, 1.54) is 0 Å². The van der Waals surface area contributed by atoms with Crippen molar-refractivity contribution in [3.05, 3.63) is 52.4 Å². The molecule has 0 spiro atoms. The Balaban J connectivity index is 0.000000127. The van der Waals surface area contributed by atoms with Gasteiger partial charge in [0.2, 0.25) is 0 Å². The van der Waals surface area contributed by atoms with Crippen molar-refractivity contribution in [2.75, 3.05) is 0 Å². The van der Waals surface area contributed by atoms with E-state index < -0.39 is 0 Å². The fourth-order valence-electron chi connectivity index (χ4n) is 0.590. The molecule has 0 saturated carbocycles. The van der Waals surface area contributed by atoms with Gasteiger partial charge in [0.15, 0.2) is 0 Å². The lowest BCUT2D eigenvalue weighted by Gasteiger charge is -1.80. The van der Waals surface area contributed by atoms with Crippen LogP contribution in [0, 0.1) is 0 Å². The van der Waals surface area contributed by atoms with Gasteiger partial charge >= 0.3 is 0 Å². The minimum absolute atomic E-state index is 0.794. The summed E-state index contributed by atoms with van der Waals surface area (Å²) in [6.45, 7) is 0. The molecule has 3 heteroatoms. The molecule has 0 aliphatic heterocycles. The van der Waals surface area contributed by atoms with Crippen LogP contribution in [0.25, 0.3) is 0 Å². The lowest BCUT2D eigenvalue weighted by Crippen LogP contribution is -1.55. The summed E-state index contributed by atoms with van der Waals surface area (Å²) in [5.41, 5.74) is 1.79. The Morgan fingerprint density at radius 3 is 2.17 bits per heavy atom. The van der Waals surface area contributed by atoms with Crippen LogP contribution in [0.15, 0.2) is 47.4 Å². The molecule has 0 fully saturated rings. The van der Waals surface area contributed by atoms with Crippen molar-refractivity contribution in [1.82, 2.24) is 4.98 Å². The van der Waals surface area contributed by atoms with Crippen molar-refractivity contribution in [3.8, 4) is 0 Å². The van der Waals surface area contributed by atoms with E-state index in [2.05, 4.69) is 4.98 Å². The summed E-state index contributed by atoms with van der Waals surface area (Å²) in [7, 11) is 0. The first-order chi connectivity index (χ1) is 5.89. The van der Waals surface area contributed by atoms with Crippen molar-refractivity contribution in [1.29, 1.82) is 0 Å². The van der Waals surface area contributed by atoms with Gasteiger partial charge in [0.1, 0.15) is 0 Å². The molecule has 12 heavy (non-hydrogen) atoms. The van der Waals surface area contributed by atoms with Crippen molar-refractivity contribution in [3.63, 3.8) is 0 Å². The molecule has 0 radical (unpaired) electrons. The highest BCUT2D eigenvalue weighted by atomic mass is 35.5. The van der Waals surface area contributed by atoms with Crippen LogP contribution in [-0.4, -0.2) is 4.98 Å². The third kappa shape index (κ3) is 4.11. The zero-order valence-electron chi connectivity index (χ0n) is 6.35. The van der Waals surface area contributed by atoms with Crippen molar-refractivity contribution in [2.24, 2.45) is 0 Å². The normalized spacial score (nSPS) is 8.42. The molecule has 0 saturated heterocycles. The summed E-state index contributed by atoms with van der Waals surface area (Å²) in [5, 5.41) is 2.72. The van der Waals surface area contributed by atoms with Gasteiger partial charge in [0.25, 0.3) is 0 Å². The van der Waals surface area contributed by atoms with Crippen LogP contribution in [0.3, 0.4) is 0 Å². The van der Waals surface area contributed by atoms with Crippen LogP contribution >= 0.6 is 22.9 Å². The van der Waals surface area contributed by atoms with Gasteiger partial charge in [0, 0.05) is 16.6 Å². The monoisotopic (exact) mass is 197 g/mol. The number of halogens is 1. The Labute approximate surface area is 80.7 Å². The van der Waals surface area contributed by atoms with E-state index in [1.54, 1.807) is 23.0 Å². The van der Waals surface area contributed by atoms with Crippen LogP contribution in [-0.2, 0) is 0 Å². The molecule has 2 rings (SSSR count). The number of aromatic nitrogens is 1. The number of nitrogens with zero attached hydrogens (tertiary/aromatic N) is 1. The number of rotatable bonds is 0. The van der Waals surface area contributed by atoms with E-state index in [0.29, 0.717) is 0 Å². The predicted octanol–water partition coefficient (Wildman–Crippen LogP) is 3.48. The van der Waals surface area contributed by atoms with E-state index >= 15 is 0 Å². The van der Waals surface area contributed by atoms with Gasteiger partial charge in [-0.05, 0) is 12.1 Å². The molecule has 62 valence electrons. The lowest BCUT2D eigenvalue weighted by atomic mass is 10.4. The van der Waals surface area contributed by atoms with E-state index in [4.69, 9.17) is 11.6 Å². The van der Waals surface area contributed by atoms with Crippen LogP contribution in [0.5, 0.6) is 0 Å². The van der Waals surface area contributed by atoms with Crippen molar-refractivity contribution >= 4 is 22.9 Å². The second-order valence-corrected chi connectivity index (χ2v) is 3.16. The maximum absolute atomic E-state index is 5.54. The van der Waals surface area contributed by atoms with E-state index in [1.807, 2.05) is 35.7 Å². The first-order valence-corrected chi connectivity index (χ1v) is 4.74. The van der Waals surface area contributed by atoms with Gasteiger partial charge in [-0.25, -0.2) is 0 Å². The van der Waals surface area contributed by atoms with Gasteiger partial charge in [-0.15, -0.1) is 11.3 Å². The molecular weight excluding hydrogens is 190 g/mol. The number of hydrogen-bond acceptors (Lipinski definition) is 2. The van der Waals surface area contributed by atoms with Crippen LogP contribution in [0.2, 0.25) is 5.02 Å². The van der Waals surface area contributed by atoms with Gasteiger partial charge in [0.05, 0.1) is 5.51 Å². The van der Waals surface area contributed by atoms with Crippen molar-refractivity contribution < 1.29 is 0 Å². The molecule has 1 aromatic heterocycles. The highest BCUT2D eigenvalue weighted by Crippen LogP contribution is 2.03. The standard InChI is InChI=1S/C6H5Cl.C3H3NS/c7-6-4-2-1-3-5-6;1-2-5-3-4-1/h1-5H;1-3H. The Hall–Kier alpha value is -0.860. The predicted molar refractivity (Wildman–Crippen MR) is 53.6 cm³/mol. The maximum atomic E-state index is 5.54. The summed E-state index contributed by atoms with van der Waals surface area (Å²) in [6.07, 6.45) is 1.77. The minimum atomic E-state index is 0.794. The van der Waals surface area contributed by atoms with Crippen LogP contribution < -0.4 is 0 Å². The molecule has 0 atom stereocenters. The molecule has 0 aliphatic carbocycles. The second-order valence-electron chi connectivity index (χ2n) is 1.97. The maximum Gasteiger partial charge on any atom is 0.0791 e. The number of thiazole rings is 1. The first kappa shape index (κ1) is 9.23. The fraction of sp³-hybridized carbons (Fsp3) is 0. The average molecular weight is 198 g/mol. The van der Waals surface area contributed by atoms with Gasteiger partial charge in [-0.1, -0.05) is 29.8 Å². The Bertz CT molecular complexity index is 263. The number of benzene rings is 1. The summed E-state index contributed by atoms with van der Waals surface area (Å²) in [4.78, 5) is 3.74. The molecule has 1 aromatic carbocycles. The molecule has 0 N–H and O–H groups in total. The summed E-state index contributed by atoms with van der Waals surface area (Å²) in [6, 6.07) is 9.44. The third-order valence-corrected chi connectivity index (χ3v) is 1.85. The van der Waals surface area contributed by atoms with Crippen LogP contribution in [0.4, 0.5) is 0 Å². The molecule has 1 heterocycles. The van der Waals surface area contributed by atoms with Crippen LogP contribution in [0.1, 0.15) is 0 Å². The third-order valence-electron chi connectivity index (χ3n) is 1.08. The Kier molecular flexibility index (Phi) is 4.42. The zero-order chi connectivity index (χ0) is 8.65. The van der Waals surface area contributed by atoms with Gasteiger partial charge in [-0.2, -0.15) is 0 Å². The molecule has 0 bridgehead atoms. The van der Waals surface area contributed by atoms with E-state index in [0.717, 1.165) is 5.02 Å². The second kappa shape index (κ2) is 5.75. The molecule has 1 nitrogen and oxygen atoms in total. The summed E-state index contributed by atoms with van der Waals surface area (Å²) >= 11 is 7.14. The lowest BCUT2D eigenvalue weighted by molar-refractivity contribution is 1.43. The van der Waals surface area contributed by atoms with E-state index in [-0.39, 0.29) is 0 Å².